The maximum Gasteiger partial charge on any atom is 0.247 e. The first-order chi connectivity index (χ1) is 51.4. The Morgan fingerprint density at radius 3 is 1.33 bits per heavy atom. The van der Waals surface area contributed by atoms with E-state index in [9.17, 15) is 67.1 Å². The zero-order chi connectivity index (χ0) is 89.7. The number of halogens is 3. The minimum atomic E-state index is -0.481. The number of carbonyl (C=O) groups excluding carboxylic acids is 14. The average molecular weight is 1610 g/mol. The molecule has 111 heavy (non-hydrogen) atoms. The number of hydrogen-bond donors (Lipinski definition) is 1. The summed E-state index contributed by atoms with van der Waals surface area (Å²) in [4.78, 5) is 142. The second kappa shape index (κ2) is 91.5. The predicted octanol–water partition coefficient (Wildman–Crippen LogP) is 22.6. The van der Waals surface area contributed by atoms with Crippen LogP contribution in [0.4, 0.5) is 0 Å². The van der Waals surface area contributed by atoms with Crippen LogP contribution < -0.4 is 5.73 Å². The molecule has 0 saturated carbocycles. The van der Waals surface area contributed by atoms with Gasteiger partial charge in [-0.25, -0.2) is 0 Å². The van der Waals surface area contributed by atoms with Crippen molar-refractivity contribution in [1.29, 1.82) is 0 Å². The van der Waals surface area contributed by atoms with Crippen molar-refractivity contribution < 1.29 is 67.1 Å². The lowest BCUT2D eigenvalue weighted by atomic mass is 9.68. The minimum Gasteiger partial charge on any atom is -0.366 e. The molecule has 2 rings (SSSR count). The molecule has 19 heteroatoms. The second-order valence-electron chi connectivity index (χ2n) is 26.0. The van der Waals surface area contributed by atoms with Crippen molar-refractivity contribution in [1.82, 2.24) is 4.90 Å². The van der Waals surface area contributed by atoms with Crippen molar-refractivity contribution in [3.8, 4) is 0 Å². The molecule has 16 nitrogen and oxygen atoms in total. The third kappa shape index (κ3) is 122. The highest BCUT2D eigenvalue weighted by atomic mass is 35.5. The molecule has 0 aromatic rings. The van der Waals surface area contributed by atoms with Crippen molar-refractivity contribution in [3.63, 3.8) is 0 Å². The highest BCUT2D eigenvalue weighted by molar-refractivity contribution is 6.67. The summed E-state index contributed by atoms with van der Waals surface area (Å²) in [7, 11) is 3.37. The topological polar surface area (TPSA) is 268 Å². The molecule has 0 aliphatic heterocycles. The molecule has 0 fully saturated rings. The Hall–Kier alpha value is -9.09. The summed E-state index contributed by atoms with van der Waals surface area (Å²) in [6.07, 6.45) is 55.4. The Morgan fingerprint density at radius 1 is 0.604 bits per heavy atom. The Bertz CT molecular complexity index is 3220. The normalized spacial score (nSPS) is 13.3. The number of ketones is 5. The van der Waals surface area contributed by atoms with Gasteiger partial charge >= 0.3 is 0 Å². The van der Waals surface area contributed by atoms with Crippen molar-refractivity contribution >= 4 is 116 Å². The Balaban J connectivity index is -0.0000000964. The van der Waals surface area contributed by atoms with Gasteiger partial charge in [-0.3, -0.25) is 67.1 Å². The van der Waals surface area contributed by atoms with Crippen LogP contribution in [0.3, 0.4) is 0 Å². The molecular weight excluding hydrogens is 1460 g/mol. The Labute approximate surface area is 686 Å². The van der Waals surface area contributed by atoms with Crippen molar-refractivity contribution in [3.05, 3.63) is 229 Å². The van der Waals surface area contributed by atoms with Gasteiger partial charge in [-0.05, 0) is 305 Å². The van der Waals surface area contributed by atoms with Crippen LogP contribution in [0.15, 0.2) is 229 Å². The van der Waals surface area contributed by atoms with Crippen molar-refractivity contribution in [2.75, 3.05) is 14.1 Å². The lowest BCUT2D eigenvalue weighted by Crippen LogP contribution is -2.26. The van der Waals surface area contributed by atoms with Gasteiger partial charge < -0.3 is 10.6 Å². The molecule has 2 amide bonds. The van der Waals surface area contributed by atoms with E-state index >= 15 is 0 Å². The third-order valence-electron chi connectivity index (χ3n) is 13.3. The number of nitrogens with zero attached hydrogens (tertiary/aromatic N) is 1. The van der Waals surface area contributed by atoms with Gasteiger partial charge in [0.1, 0.15) is 25.1 Å². The number of carbonyl (C=O) groups is 14. The van der Waals surface area contributed by atoms with Crippen LogP contribution in [-0.4, -0.2) is 101 Å². The van der Waals surface area contributed by atoms with E-state index in [1.54, 1.807) is 135 Å². The fourth-order valence-electron chi connectivity index (χ4n) is 7.23. The molecule has 2 aliphatic rings. The highest BCUT2D eigenvalue weighted by Gasteiger charge is 2.31. The first-order valence-corrected chi connectivity index (χ1v) is 37.3. The van der Waals surface area contributed by atoms with Gasteiger partial charge in [0, 0.05) is 38.4 Å². The van der Waals surface area contributed by atoms with E-state index in [0.717, 1.165) is 54.5 Å². The zero-order valence-electron chi connectivity index (χ0n) is 72.5. The molecule has 0 aromatic carbocycles. The first-order valence-electron chi connectivity index (χ1n) is 36.2. The maximum absolute atomic E-state index is 10.9. The summed E-state index contributed by atoms with van der Waals surface area (Å²) < 4.78 is 0. The van der Waals surface area contributed by atoms with Gasteiger partial charge in [0.25, 0.3) is 0 Å². The summed E-state index contributed by atoms with van der Waals surface area (Å²) in [5, 5.41) is -1.19. The van der Waals surface area contributed by atoms with E-state index < -0.39 is 16.4 Å². The smallest absolute Gasteiger partial charge is 0.247 e. The van der Waals surface area contributed by atoms with E-state index in [4.69, 9.17) is 34.8 Å². The molecule has 1 unspecified atom stereocenters. The number of amides is 2. The van der Waals surface area contributed by atoms with Crippen LogP contribution in [0.2, 0.25) is 0 Å². The van der Waals surface area contributed by atoms with Crippen molar-refractivity contribution in [2.45, 2.75) is 231 Å². The van der Waals surface area contributed by atoms with Gasteiger partial charge in [-0.15, -0.1) is 0 Å². The predicted molar refractivity (Wildman–Crippen MR) is 474 cm³/mol. The quantitative estimate of drug-likeness (QED) is 0.0310. The molecule has 0 heterocycles. The van der Waals surface area contributed by atoms with Crippen LogP contribution in [0.1, 0.15) is 231 Å². The monoisotopic (exact) mass is 1600 g/mol. The average Bonchev–Trinajstić information content (AvgIpc) is 0.832. The molecule has 0 aromatic heterocycles. The zero-order valence-corrected chi connectivity index (χ0v) is 74.8. The number of allylic oxidation sites excluding steroid dienone is 32. The molecule has 0 saturated heterocycles. The van der Waals surface area contributed by atoms with Gasteiger partial charge in [0.15, 0.2) is 28.9 Å². The number of likely N-dealkylation sites (N-methyl/N-ethyl adjacent to an activating group) is 1. The molecular formula is C92H141Cl3N2O14. The SMILES string of the molecule is C/C=C(\C)C(=O)Cl.C/C=C(\C)C=O.C/C=C/C(=O)CC.C/C=C/C(=O)Cl.C/C=C/C=C/C(C)=O.C/C=C/C=O.C=C/C=C/C=O.C=CC(=O)CC(C)C.C=CC(=O)N(C)C.C=CC(N)=O.CC(=O)/C=C/C1C(C)=CCCC1(C)C.CC(=O)C=CC1=C(C)CCCC1(C)C.CC(C)=CC(=O)Cl.CC(C)=CCC/C(C)=C/C=O. The standard InChI is InChI=1S/2C13H20O.C10H16O.C7H12O.C7H10O.C6H10O.2C5H7ClO.C5H9NO.C5H8O.C5H6O.C4H5ClO.C4H6O.C3H5NO/c2*1-10-6-5-9-13(3,4)12(10)8-7-11(2)14;1-9(2)5-4-6-10(3)7-8-11;1-4-7(8)5-6(2)3;1-3-4-5-6-7(2)8;1-3-5-6(7)4-2;1-4(2)3-5(6)7;1-3-4(2)5(6)7;1-4-5(7)6(2)3;1-3-5(2)4-6;1-2-3-4-5-6;1-2-3-4(5)6;1-2-3-4-5;1-2-3(4)5/h7-8H,5-6,9H2,1-4H3;6-8,12H,5,9H2,1-4H3;5,7-8H,4,6H2,1-3H3;4,6H,1,5H2,2-3H3;3-6H,1-2H3;3,5H,4H2,1-2H3;2*3H,1-2H3;4H,1H2,2-3H3;3-4H,1-2H3;2-5H,1H2;2-3H,1H3;2-4H,1H3;2H,1H2,(H2,4,5)/b;8-7+;10-7+;;4-3+,6-5+;5-3+;;4-3+;;5-3+;4-3+;2*3-2+;. The molecule has 2 aliphatic carbocycles. The molecule has 0 bridgehead atoms. The van der Waals surface area contributed by atoms with Crippen LogP contribution in [0.25, 0.3) is 0 Å². The molecule has 2 N–H and O–H groups in total. The van der Waals surface area contributed by atoms with Gasteiger partial charge in [-0.1, -0.05) is 188 Å². The van der Waals surface area contributed by atoms with Crippen LogP contribution in [0, 0.1) is 22.7 Å². The number of aldehydes is 4. The van der Waals surface area contributed by atoms with Crippen LogP contribution >= 0.6 is 34.8 Å². The number of rotatable bonds is 24. The third-order valence-corrected chi connectivity index (χ3v) is 13.8. The number of primary amides is 1. The van der Waals surface area contributed by atoms with E-state index in [1.807, 2.05) is 80.5 Å². The Morgan fingerprint density at radius 2 is 1.11 bits per heavy atom. The summed E-state index contributed by atoms with van der Waals surface area (Å²) in [5.74, 6) is 1.04. The van der Waals surface area contributed by atoms with Gasteiger partial charge in [0.2, 0.25) is 27.5 Å². The van der Waals surface area contributed by atoms with Crippen molar-refractivity contribution in [2.24, 2.45) is 28.4 Å². The second-order valence-corrected chi connectivity index (χ2v) is 27.1. The lowest BCUT2D eigenvalue weighted by molar-refractivity contribution is -0.123. The fraction of sp³-hybridized carbons (Fsp3) is 0.435. The first kappa shape index (κ1) is 128. The number of hydrogen-bond acceptors (Lipinski definition) is 14. The summed E-state index contributed by atoms with van der Waals surface area (Å²) in [6, 6.07) is 0. The molecule has 624 valence electrons. The van der Waals surface area contributed by atoms with E-state index in [2.05, 4.69) is 106 Å². The minimum absolute atomic E-state index is 0.0556. The number of nitrogens with two attached hydrogens (primary N) is 1. The maximum atomic E-state index is 10.9. The molecule has 0 spiro atoms. The van der Waals surface area contributed by atoms with E-state index in [-0.39, 0.29) is 45.5 Å². The van der Waals surface area contributed by atoms with E-state index in [1.165, 1.54) is 109 Å². The lowest BCUT2D eigenvalue weighted by Gasteiger charge is -2.36. The van der Waals surface area contributed by atoms with Crippen LogP contribution in [0.5, 0.6) is 0 Å². The highest BCUT2D eigenvalue weighted by Crippen LogP contribution is 2.42. The van der Waals surface area contributed by atoms with E-state index in [0.29, 0.717) is 42.0 Å². The van der Waals surface area contributed by atoms with Gasteiger partial charge in [-0.2, -0.15) is 0 Å². The summed E-state index contributed by atoms with van der Waals surface area (Å²) in [6.45, 7) is 61.2. The fourth-order valence-corrected chi connectivity index (χ4v) is 7.68. The molecule has 1 atom stereocenters. The Kier molecular flexibility index (Phi) is 106. The van der Waals surface area contributed by atoms with Crippen LogP contribution in [-0.2, 0) is 67.1 Å². The van der Waals surface area contributed by atoms with Gasteiger partial charge in [0.05, 0.1) is 0 Å². The summed E-state index contributed by atoms with van der Waals surface area (Å²) >= 11 is 14.8. The molecule has 0 radical (unpaired) electrons. The summed E-state index contributed by atoms with van der Waals surface area (Å²) in [5.41, 5.74) is 14.1. The largest absolute Gasteiger partial charge is 0.366 e.